The van der Waals surface area contributed by atoms with Gasteiger partial charge in [0.15, 0.2) is 17.1 Å². The van der Waals surface area contributed by atoms with Gasteiger partial charge in [0.2, 0.25) is 5.91 Å². The zero-order valence-electron chi connectivity index (χ0n) is 17.2. The molecule has 29 heavy (non-hydrogen) atoms. The molecule has 3 rings (SSSR count). The zero-order chi connectivity index (χ0) is 20.8. The predicted molar refractivity (Wildman–Crippen MR) is 116 cm³/mol. The Morgan fingerprint density at radius 3 is 2.45 bits per heavy atom. The highest BCUT2D eigenvalue weighted by atomic mass is 32.2. The lowest BCUT2D eigenvalue weighted by atomic mass is 10.1. The number of thioether (sulfide) groups is 1. The van der Waals surface area contributed by atoms with Crippen molar-refractivity contribution < 1.29 is 9.53 Å². The van der Waals surface area contributed by atoms with Gasteiger partial charge in [-0.05, 0) is 51.0 Å². The number of rotatable bonds is 8. The first kappa shape index (κ1) is 20.9. The molecule has 0 radical (unpaired) electrons. The number of para-hydroxylation sites is 2. The van der Waals surface area contributed by atoms with Crippen molar-refractivity contribution in [2.24, 2.45) is 0 Å². The summed E-state index contributed by atoms with van der Waals surface area (Å²) in [4.78, 5) is 12.5. The summed E-state index contributed by atoms with van der Waals surface area (Å²) in [6.07, 6.45) is -0.248. The van der Waals surface area contributed by atoms with E-state index in [0.717, 1.165) is 28.4 Å². The van der Waals surface area contributed by atoms with E-state index in [1.54, 1.807) is 0 Å². The summed E-state index contributed by atoms with van der Waals surface area (Å²) in [5, 5.41) is 12.3. The Balaban J connectivity index is 1.65. The summed E-state index contributed by atoms with van der Waals surface area (Å²) in [6.45, 7) is 8.66. The number of carbonyl (C=O) groups excluding carboxylic acids is 1. The smallest absolute Gasteiger partial charge is 0.234 e. The highest BCUT2D eigenvalue weighted by Crippen LogP contribution is 2.25. The average Bonchev–Trinajstić information content (AvgIpc) is 3.13. The third kappa shape index (κ3) is 5.17. The Hall–Kier alpha value is -2.80. The van der Waals surface area contributed by atoms with Crippen LogP contribution in [0.4, 0.5) is 5.69 Å². The van der Waals surface area contributed by atoms with E-state index in [-0.39, 0.29) is 17.8 Å². The molecule has 7 heteroatoms. The third-order valence-corrected chi connectivity index (χ3v) is 5.53. The zero-order valence-corrected chi connectivity index (χ0v) is 18.0. The van der Waals surface area contributed by atoms with Gasteiger partial charge in [-0.2, -0.15) is 0 Å². The molecule has 0 saturated heterocycles. The lowest BCUT2D eigenvalue weighted by Gasteiger charge is -2.15. The summed E-state index contributed by atoms with van der Waals surface area (Å²) in [7, 11) is 0. The van der Waals surface area contributed by atoms with E-state index < -0.39 is 0 Å². The second-order valence-electron chi connectivity index (χ2n) is 6.76. The Kier molecular flexibility index (Phi) is 6.93. The monoisotopic (exact) mass is 410 g/mol. The Labute approximate surface area is 175 Å². The minimum atomic E-state index is -0.248. The van der Waals surface area contributed by atoms with Gasteiger partial charge in [0.1, 0.15) is 5.75 Å². The molecular formula is C22H26N4O2S. The van der Waals surface area contributed by atoms with E-state index >= 15 is 0 Å². The topological polar surface area (TPSA) is 69.0 Å². The second-order valence-corrected chi connectivity index (χ2v) is 7.70. The lowest BCUT2D eigenvalue weighted by molar-refractivity contribution is -0.113. The SMILES string of the molecule is CCn1c(SCC(=O)Nc2c(C)cccc2C)nnc1[C@H](C)Oc1ccccc1. The molecule has 0 spiro atoms. The first-order valence-corrected chi connectivity index (χ1v) is 10.6. The van der Waals surface area contributed by atoms with Gasteiger partial charge in [0, 0.05) is 12.2 Å². The third-order valence-electron chi connectivity index (χ3n) is 4.56. The number of nitrogens with zero attached hydrogens (tertiary/aromatic N) is 3. The van der Waals surface area contributed by atoms with Crippen molar-refractivity contribution in [3.8, 4) is 5.75 Å². The molecule has 0 aliphatic carbocycles. The second kappa shape index (κ2) is 9.60. The van der Waals surface area contributed by atoms with Crippen LogP contribution in [0.25, 0.3) is 0 Å². The van der Waals surface area contributed by atoms with Gasteiger partial charge < -0.3 is 14.6 Å². The van der Waals surface area contributed by atoms with Crippen LogP contribution < -0.4 is 10.1 Å². The maximum atomic E-state index is 12.5. The normalized spacial score (nSPS) is 11.9. The van der Waals surface area contributed by atoms with Crippen molar-refractivity contribution in [3.05, 3.63) is 65.5 Å². The minimum absolute atomic E-state index is 0.0619. The summed E-state index contributed by atoms with van der Waals surface area (Å²) < 4.78 is 7.97. The van der Waals surface area contributed by atoms with Crippen molar-refractivity contribution in [1.29, 1.82) is 0 Å². The summed E-state index contributed by atoms with van der Waals surface area (Å²) in [5.74, 6) is 1.73. The molecule has 1 heterocycles. The maximum Gasteiger partial charge on any atom is 0.234 e. The molecule has 3 aromatic rings. The van der Waals surface area contributed by atoms with E-state index in [4.69, 9.17) is 4.74 Å². The van der Waals surface area contributed by atoms with Gasteiger partial charge in [0.25, 0.3) is 0 Å². The number of aryl methyl sites for hydroxylation is 2. The molecule has 0 unspecified atom stereocenters. The Morgan fingerprint density at radius 1 is 1.10 bits per heavy atom. The molecule has 1 N–H and O–H groups in total. The Bertz CT molecular complexity index is 952. The molecule has 1 atom stereocenters. The molecule has 2 aromatic carbocycles. The van der Waals surface area contributed by atoms with Gasteiger partial charge in [-0.1, -0.05) is 48.2 Å². The van der Waals surface area contributed by atoms with Crippen LogP contribution in [0.15, 0.2) is 53.7 Å². The molecule has 6 nitrogen and oxygen atoms in total. The molecule has 1 aromatic heterocycles. The van der Waals surface area contributed by atoms with Crippen LogP contribution >= 0.6 is 11.8 Å². The number of benzene rings is 2. The molecule has 152 valence electrons. The fourth-order valence-electron chi connectivity index (χ4n) is 3.08. The summed E-state index contributed by atoms with van der Waals surface area (Å²) in [6, 6.07) is 15.6. The van der Waals surface area contributed by atoms with Crippen LogP contribution in [-0.2, 0) is 11.3 Å². The molecule has 0 bridgehead atoms. The minimum Gasteiger partial charge on any atom is -0.483 e. The van der Waals surface area contributed by atoms with Crippen molar-refractivity contribution in [2.45, 2.75) is 45.5 Å². The standard InChI is InChI=1S/C22H26N4O2S/c1-5-26-21(17(4)28-18-12-7-6-8-13-18)24-25-22(26)29-14-19(27)23-20-15(2)10-9-11-16(20)3/h6-13,17H,5,14H2,1-4H3,(H,23,27)/t17-/m0/s1. The van der Waals surface area contributed by atoms with Crippen LogP contribution in [0.3, 0.4) is 0 Å². The lowest BCUT2D eigenvalue weighted by Crippen LogP contribution is -2.16. The van der Waals surface area contributed by atoms with Crippen LogP contribution in [0, 0.1) is 13.8 Å². The molecule has 0 saturated carbocycles. The fourth-order valence-corrected chi connectivity index (χ4v) is 3.89. The number of nitrogens with one attached hydrogen (secondary N) is 1. The fraction of sp³-hybridized carbons (Fsp3) is 0.318. The molecule has 0 aliphatic rings. The van der Waals surface area contributed by atoms with Crippen molar-refractivity contribution in [3.63, 3.8) is 0 Å². The van der Waals surface area contributed by atoms with Gasteiger partial charge in [-0.15, -0.1) is 10.2 Å². The summed E-state index contributed by atoms with van der Waals surface area (Å²) >= 11 is 1.38. The van der Waals surface area contributed by atoms with Gasteiger partial charge in [0.05, 0.1) is 5.75 Å². The number of carbonyl (C=O) groups is 1. The molecule has 1 amide bonds. The van der Waals surface area contributed by atoms with Gasteiger partial charge >= 0.3 is 0 Å². The largest absolute Gasteiger partial charge is 0.483 e. The summed E-state index contributed by atoms with van der Waals surface area (Å²) in [5.41, 5.74) is 2.98. The van der Waals surface area contributed by atoms with E-state index in [1.165, 1.54) is 11.8 Å². The van der Waals surface area contributed by atoms with Crippen molar-refractivity contribution >= 4 is 23.4 Å². The van der Waals surface area contributed by atoms with E-state index in [9.17, 15) is 4.79 Å². The van der Waals surface area contributed by atoms with E-state index in [2.05, 4.69) is 15.5 Å². The molecular weight excluding hydrogens is 384 g/mol. The maximum absolute atomic E-state index is 12.5. The number of aromatic nitrogens is 3. The van der Waals surface area contributed by atoms with E-state index in [0.29, 0.717) is 11.7 Å². The number of ether oxygens (including phenoxy) is 1. The number of hydrogen-bond acceptors (Lipinski definition) is 5. The highest BCUT2D eigenvalue weighted by molar-refractivity contribution is 7.99. The van der Waals surface area contributed by atoms with Crippen LogP contribution in [0.1, 0.15) is 36.9 Å². The van der Waals surface area contributed by atoms with Crippen LogP contribution in [-0.4, -0.2) is 26.4 Å². The number of anilines is 1. The quantitative estimate of drug-likeness (QED) is 0.541. The van der Waals surface area contributed by atoms with Crippen LogP contribution in [0.2, 0.25) is 0 Å². The average molecular weight is 411 g/mol. The van der Waals surface area contributed by atoms with Crippen molar-refractivity contribution in [2.75, 3.05) is 11.1 Å². The van der Waals surface area contributed by atoms with Crippen molar-refractivity contribution in [1.82, 2.24) is 14.8 Å². The number of amides is 1. The Morgan fingerprint density at radius 2 is 1.79 bits per heavy atom. The number of hydrogen-bond donors (Lipinski definition) is 1. The van der Waals surface area contributed by atoms with Crippen LogP contribution in [0.5, 0.6) is 5.75 Å². The van der Waals surface area contributed by atoms with E-state index in [1.807, 2.05) is 80.8 Å². The molecule has 0 aliphatic heterocycles. The predicted octanol–water partition coefficient (Wildman–Crippen LogP) is 4.79. The highest BCUT2D eigenvalue weighted by Gasteiger charge is 2.19. The van der Waals surface area contributed by atoms with Gasteiger partial charge in [-0.3, -0.25) is 4.79 Å². The van der Waals surface area contributed by atoms with Gasteiger partial charge in [-0.25, -0.2) is 0 Å². The molecule has 0 fully saturated rings. The first-order chi connectivity index (χ1) is 14.0. The first-order valence-electron chi connectivity index (χ1n) is 9.63.